The quantitative estimate of drug-likeness (QED) is 0.261. The van der Waals surface area contributed by atoms with Crippen molar-refractivity contribution in [3.63, 3.8) is 0 Å². The van der Waals surface area contributed by atoms with Gasteiger partial charge >= 0.3 is 6.09 Å². The van der Waals surface area contributed by atoms with Crippen LogP contribution in [0.2, 0.25) is 0 Å². The van der Waals surface area contributed by atoms with Gasteiger partial charge in [-0.1, -0.05) is 76.4 Å². The molecule has 0 aliphatic heterocycles. The van der Waals surface area contributed by atoms with E-state index in [2.05, 4.69) is 55.7 Å². The summed E-state index contributed by atoms with van der Waals surface area (Å²) in [7, 11) is 0. The third kappa shape index (κ3) is 8.77. The molecule has 0 bridgehead atoms. The zero-order valence-electron chi connectivity index (χ0n) is 24.3. The van der Waals surface area contributed by atoms with Gasteiger partial charge in [-0.25, -0.2) is 4.79 Å². The molecule has 2 atom stereocenters. The van der Waals surface area contributed by atoms with E-state index < -0.39 is 28.8 Å². The molecular formula is C31H45N3O5. The average molecular weight is 540 g/mol. The van der Waals surface area contributed by atoms with Crippen molar-refractivity contribution in [3.8, 4) is 0 Å². The van der Waals surface area contributed by atoms with Crippen molar-refractivity contribution in [1.82, 2.24) is 10.6 Å². The van der Waals surface area contributed by atoms with Crippen molar-refractivity contribution in [2.45, 2.75) is 109 Å². The van der Waals surface area contributed by atoms with E-state index in [0.29, 0.717) is 6.42 Å². The summed E-state index contributed by atoms with van der Waals surface area (Å²) in [5.74, 6) is 0. The van der Waals surface area contributed by atoms with Gasteiger partial charge in [-0.3, -0.25) is 10.1 Å². The average Bonchev–Trinajstić information content (AvgIpc) is 2.86. The van der Waals surface area contributed by atoms with Gasteiger partial charge < -0.3 is 20.5 Å². The third-order valence-electron chi connectivity index (χ3n) is 7.41. The van der Waals surface area contributed by atoms with Gasteiger partial charge in [0, 0.05) is 24.2 Å². The standard InChI is InChI=1S/C31H45N3O5/c1-29(2,3)23-11-10-12-24(20-23)31(17-8-7-9-18-31)32-21-27(35)26(33-28(36)39-30(4,5)6)19-22-13-15-25(16-14-22)34(37)38/h10-16,20,26-27,32,35H,7-9,17-19,21H2,1-6H3,(H,33,36)/t26-,27+/m0/s1. The van der Waals surface area contributed by atoms with Crippen LogP contribution in [0.1, 0.15) is 90.3 Å². The van der Waals surface area contributed by atoms with Crippen molar-refractivity contribution in [2.24, 2.45) is 0 Å². The molecule has 0 radical (unpaired) electrons. The van der Waals surface area contributed by atoms with Gasteiger partial charge in [0.25, 0.3) is 5.69 Å². The van der Waals surface area contributed by atoms with Crippen molar-refractivity contribution < 1.29 is 19.6 Å². The first kappa shape index (κ1) is 30.6. The molecule has 1 aliphatic rings. The van der Waals surface area contributed by atoms with Crippen molar-refractivity contribution >= 4 is 11.8 Å². The predicted octanol–water partition coefficient (Wildman–Crippen LogP) is 6.14. The molecule has 2 aromatic rings. The first-order valence-electron chi connectivity index (χ1n) is 14.0. The highest BCUT2D eigenvalue weighted by atomic mass is 16.6. The van der Waals surface area contributed by atoms with Crippen LogP contribution in [0.5, 0.6) is 0 Å². The molecule has 1 amide bonds. The Hall–Kier alpha value is -2.97. The van der Waals surface area contributed by atoms with Gasteiger partial charge in [0.05, 0.1) is 17.1 Å². The maximum Gasteiger partial charge on any atom is 0.407 e. The summed E-state index contributed by atoms with van der Waals surface area (Å²) in [6.45, 7) is 12.3. The number of nitro groups is 1. The second kappa shape index (κ2) is 12.5. The topological polar surface area (TPSA) is 114 Å². The highest BCUT2D eigenvalue weighted by molar-refractivity contribution is 5.68. The van der Waals surface area contributed by atoms with Crippen LogP contribution in [-0.4, -0.2) is 40.4 Å². The lowest BCUT2D eigenvalue weighted by Gasteiger charge is -2.41. The second-order valence-corrected chi connectivity index (χ2v) is 12.8. The minimum absolute atomic E-state index is 0.00524. The Kier molecular flexibility index (Phi) is 9.78. The lowest BCUT2D eigenvalue weighted by Crippen LogP contribution is -2.53. The van der Waals surface area contributed by atoms with E-state index in [0.717, 1.165) is 31.2 Å². The van der Waals surface area contributed by atoms with E-state index in [-0.39, 0.29) is 23.2 Å². The molecule has 0 spiro atoms. The number of nitrogens with zero attached hydrogens (tertiary/aromatic N) is 1. The first-order valence-corrected chi connectivity index (χ1v) is 14.0. The second-order valence-electron chi connectivity index (χ2n) is 12.8. The summed E-state index contributed by atoms with van der Waals surface area (Å²) < 4.78 is 5.46. The van der Waals surface area contributed by atoms with E-state index in [4.69, 9.17) is 4.74 Å². The Bertz CT molecular complexity index is 1110. The molecule has 214 valence electrons. The van der Waals surface area contributed by atoms with Crippen LogP contribution in [0.15, 0.2) is 48.5 Å². The van der Waals surface area contributed by atoms with Crippen molar-refractivity contribution in [2.75, 3.05) is 6.54 Å². The fraction of sp³-hybridized carbons (Fsp3) is 0.581. The summed E-state index contributed by atoms with van der Waals surface area (Å²) in [6.07, 6.45) is 4.10. The molecule has 8 heteroatoms. The summed E-state index contributed by atoms with van der Waals surface area (Å²) in [5, 5.41) is 29.0. The number of ether oxygens (including phenoxy) is 1. The molecule has 8 nitrogen and oxygen atoms in total. The van der Waals surface area contributed by atoms with Crippen LogP contribution >= 0.6 is 0 Å². The lowest BCUT2D eigenvalue weighted by atomic mass is 9.74. The number of rotatable bonds is 9. The Morgan fingerprint density at radius 1 is 1.05 bits per heavy atom. The molecule has 39 heavy (non-hydrogen) atoms. The molecule has 1 saturated carbocycles. The Labute approximate surface area is 232 Å². The van der Waals surface area contributed by atoms with Gasteiger partial charge in [-0.15, -0.1) is 0 Å². The highest BCUT2D eigenvalue weighted by Crippen LogP contribution is 2.38. The number of carbonyl (C=O) groups is 1. The van der Waals surface area contributed by atoms with Gasteiger partial charge in [0.1, 0.15) is 5.60 Å². The van der Waals surface area contributed by atoms with Crippen LogP contribution in [0.3, 0.4) is 0 Å². The molecule has 3 N–H and O–H groups in total. The maximum absolute atomic E-state index is 12.7. The van der Waals surface area contributed by atoms with E-state index >= 15 is 0 Å². The van der Waals surface area contributed by atoms with Gasteiger partial charge in [-0.2, -0.15) is 0 Å². The molecule has 0 saturated heterocycles. The number of nitrogens with one attached hydrogen (secondary N) is 2. The molecule has 1 fully saturated rings. The smallest absolute Gasteiger partial charge is 0.407 e. The van der Waals surface area contributed by atoms with Crippen molar-refractivity contribution in [3.05, 3.63) is 75.3 Å². The lowest BCUT2D eigenvalue weighted by molar-refractivity contribution is -0.384. The number of aliphatic hydroxyl groups excluding tert-OH is 1. The Balaban J connectivity index is 1.82. The van der Waals surface area contributed by atoms with Crippen LogP contribution in [-0.2, 0) is 22.1 Å². The molecule has 1 aliphatic carbocycles. The maximum atomic E-state index is 12.7. The third-order valence-corrected chi connectivity index (χ3v) is 7.41. The van der Waals surface area contributed by atoms with Gasteiger partial charge in [0.15, 0.2) is 0 Å². The number of benzene rings is 2. The number of alkyl carbamates (subject to hydrolysis) is 1. The number of non-ortho nitro benzene ring substituents is 1. The number of amides is 1. The fourth-order valence-electron chi connectivity index (χ4n) is 5.20. The van der Waals surface area contributed by atoms with Crippen LogP contribution in [0.4, 0.5) is 10.5 Å². The number of carbonyl (C=O) groups excluding carboxylic acids is 1. The Morgan fingerprint density at radius 3 is 2.26 bits per heavy atom. The summed E-state index contributed by atoms with van der Waals surface area (Å²) in [4.78, 5) is 23.3. The van der Waals surface area contributed by atoms with Crippen LogP contribution < -0.4 is 10.6 Å². The van der Waals surface area contributed by atoms with Gasteiger partial charge in [0.2, 0.25) is 0 Å². The highest BCUT2D eigenvalue weighted by Gasteiger charge is 2.36. The molecular weight excluding hydrogens is 494 g/mol. The van der Waals surface area contributed by atoms with E-state index in [9.17, 15) is 20.0 Å². The molecule has 0 heterocycles. The Morgan fingerprint density at radius 2 is 1.69 bits per heavy atom. The summed E-state index contributed by atoms with van der Waals surface area (Å²) in [6, 6.07) is 14.3. The zero-order valence-corrected chi connectivity index (χ0v) is 24.3. The number of nitro benzene ring substituents is 1. The number of aliphatic hydroxyl groups is 1. The SMILES string of the molecule is CC(C)(C)OC(=O)N[C@@H](Cc1ccc([N+](=O)[O-])cc1)[C@H](O)CNC1(c2cccc(C(C)(C)C)c2)CCCCC1. The largest absolute Gasteiger partial charge is 0.444 e. The zero-order chi connectivity index (χ0) is 28.8. The number of hydrogen-bond donors (Lipinski definition) is 3. The molecule has 3 rings (SSSR count). The molecule has 2 aromatic carbocycles. The predicted molar refractivity (Wildman–Crippen MR) is 154 cm³/mol. The van der Waals surface area contributed by atoms with E-state index in [1.807, 2.05) is 0 Å². The summed E-state index contributed by atoms with van der Waals surface area (Å²) >= 11 is 0. The first-order chi connectivity index (χ1) is 18.2. The fourth-order valence-corrected chi connectivity index (χ4v) is 5.20. The molecule has 0 unspecified atom stereocenters. The van der Waals surface area contributed by atoms with Gasteiger partial charge in [-0.05, 0) is 62.1 Å². The van der Waals surface area contributed by atoms with Crippen LogP contribution in [0, 0.1) is 10.1 Å². The number of hydrogen-bond acceptors (Lipinski definition) is 6. The minimum Gasteiger partial charge on any atom is -0.444 e. The summed E-state index contributed by atoms with van der Waals surface area (Å²) in [5.41, 5.74) is 2.35. The minimum atomic E-state index is -0.919. The van der Waals surface area contributed by atoms with Crippen molar-refractivity contribution in [1.29, 1.82) is 0 Å². The van der Waals surface area contributed by atoms with E-state index in [1.165, 1.54) is 29.7 Å². The van der Waals surface area contributed by atoms with Crippen LogP contribution in [0.25, 0.3) is 0 Å². The molecule has 0 aromatic heterocycles. The monoisotopic (exact) mass is 539 g/mol. The normalized spacial score (nSPS) is 17.2. The van der Waals surface area contributed by atoms with E-state index in [1.54, 1.807) is 32.9 Å².